The van der Waals surface area contributed by atoms with Gasteiger partial charge in [0.05, 0.1) is 5.92 Å². The van der Waals surface area contributed by atoms with Crippen LogP contribution in [-0.4, -0.2) is 22.1 Å². The van der Waals surface area contributed by atoms with Gasteiger partial charge >= 0.3 is 5.97 Å². The lowest BCUT2D eigenvalue weighted by molar-refractivity contribution is -0.141. The molecule has 0 spiro atoms. The van der Waals surface area contributed by atoms with Gasteiger partial charge in [0.25, 0.3) is 0 Å². The quantitative estimate of drug-likeness (QED) is 0.711. The monoisotopic (exact) mass is 174 g/mol. The topological polar surface area (TPSA) is 37.3 Å². The number of aliphatic carboxylic acids is 1. The van der Waals surface area contributed by atoms with Crippen molar-refractivity contribution in [3.63, 3.8) is 0 Å². The third kappa shape index (κ3) is 2.73. The molecule has 0 aromatic heterocycles. The van der Waals surface area contributed by atoms with Gasteiger partial charge in [0.15, 0.2) is 0 Å². The van der Waals surface area contributed by atoms with Crippen LogP contribution in [0.3, 0.4) is 0 Å². The van der Waals surface area contributed by atoms with Gasteiger partial charge in [0.2, 0.25) is 0 Å². The highest BCUT2D eigenvalue weighted by Gasteiger charge is 2.21. The van der Waals surface area contributed by atoms with Crippen molar-refractivity contribution >= 4 is 17.7 Å². The summed E-state index contributed by atoms with van der Waals surface area (Å²) in [6.07, 6.45) is 3.32. The van der Waals surface area contributed by atoms with Crippen molar-refractivity contribution in [2.24, 2.45) is 5.92 Å². The van der Waals surface area contributed by atoms with Crippen LogP contribution in [0.5, 0.6) is 0 Å². The second-order valence-corrected chi connectivity index (χ2v) is 4.52. The summed E-state index contributed by atoms with van der Waals surface area (Å²) >= 11 is 1.92. The van der Waals surface area contributed by atoms with Crippen molar-refractivity contribution < 1.29 is 9.90 Å². The molecule has 1 aliphatic rings. The molecule has 0 amide bonds. The standard InChI is InChI=1S/C8H14O2S/c1-6(8(9)10)5-7-3-2-4-11-7/h6-7H,2-5H2,1H3,(H,9,10). The molecular formula is C8H14O2S. The molecule has 0 aliphatic carbocycles. The molecule has 64 valence electrons. The minimum Gasteiger partial charge on any atom is -0.481 e. The first-order valence-electron chi connectivity index (χ1n) is 4.04. The predicted octanol–water partition coefficient (Wildman–Crippen LogP) is 1.99. The number of carboxylic acids is 1. The largest absolute Gasteiger partial charge is 0.481 e. The van der Waals surface area contributed by atoms with Crippen molar-refractivity contribution in [1.29, 1.82) is 0 Å². The highest BCUT2D eigenvalue weighted by atomic mass is 32.2. The van der Waals surface area contributed by atoms with Crippen molar-refractivity contribution in [2.45, 2.75) is 31.4 Å². The maximum absolute atomic E-state index is 10.5. The number of rotatable bonds is 3. The highest BCUT2D eigenvalue weighted by molar-refractivity contribution is 8.00. The number of carboxylic acid groups (broad SMARTS) is 1. The van der Waals surface area contributed by atoms with Crippen LogP contribution in [-0.2, 0) is 4.79 Å². The SMILES string of the molecule is CC(CC1CCCS1)C(=O)O. The molecule has 1 fully saturated rings. The molecule has 3 heteroatoms. The van der Waals surface area contributed by atoms with E-state index in [1.54, 1.807) is 6.92 Å². The van der Waals surface area contributed by atoms with Crippen LogP contribution in [0.1, 0.15) is 26.2 Å². The van der Waals surface area contributed by atoms with E-state index in [0.29, 0.717) is 5.25 Å². The molecule has 1 rings (SSSR count). The van der Waals surface area contributed by atoms with Gasteiger partial charge in [-0.3, -0.25) is 4.79 Å². The van der Waals surface area contributed by atoms with E-state index in [1.165, 1.54) is 18.6 Å². The second kappa shape index (κ2) is 4.00. The van der Waals surface area contributed by atoms with Crippen LogP contribution in [0.4, 0.5) is 0 Å². The first-order valence-corrected chi connectivity index (χ1v) is 5.09. The van der Waals surface area contributed by atoms with E-state index in [2.05, 4.69) is 0 Å². The summed E-state index contributed by atoms with van der Waals surface area (Å²) in [5.41, 5.74) is 0. The molecule has 2 atom stereocenters. The Labute approximate surface area is 71.4 Å². The van der Waals surface area contributed by atoms with Gasteiger partial charge in [-0.25, -0.2) is 0 Å². The maximum atomic E-state index is 10.5. The zero-order valence-electron chi connectivity index (χ0n) is 6.75. The molecule has 0 bridgehead atoms. The van der Waals surface area contributed by atoms with Crippen LogP contribution in [0.2, 0.25) is 0 Å². The Morgan fingerprint density at radius 2 is 2.55 bits per heavy atom. The van der Waals surface area contributed by atoms with Gasteiger partial charge in [0, 0.05) is 5.25 Å². The first kappa shape index (κ1) is 8.91. The minimum absolute atomic E-state index is 0.161. The molecule has 1 saturated heterocycles. The van der Waals surface area contributed by atoms with E-state index >= 15 is 0 Å². The average molecular weight is 174 g/mol. The van der Waals surface area contributed by atoms with Gasteiger partial charge in [-0.05, 0) is 25.0 Å². The molecule has 2 nitrogen and oxygen atoms in total. The van der Waals surface area contributed by atoms with Gasteiger partial charge < -0.3 is 5.11 Å². The van der Waals surface area contributed by atoms with Crippen LogP contribution in [0, 0.1) is 5.92 Å². The summed E-state index contributed by atoms with van der Waals surface area (Å²) in [7, 11) is 0. The number of thioether (sulfide) groups is 1. The average Bonchev–Trinajstić information content (AvgIpc) is 2.39. The van der Waals surface area contributed by atoms with E-state index in [4.69, 9.17) is 5.11 Å². The minimum atomic E-state index is -0.655. The van der Waals surface area contributed by atoms with Crippen LogP contribution < -0.4 is 0 Å². The van der Waals surface area contributed by atoms with Crippen LogP contribution in [0.15, 0.2) is 0 Å². The molecule has 0 aromatic carbocycles. The Bertz CT molecular complexity index is 141. The van der Waals surface area contributed by atoms with Crippen molar-refractivity contribution in [1.82, 2.24) is 0 Å². The lowest BCUT2D eigenvalue weighted by atomic mass is 10.0. The highest BCUT2D eigenvalue weighted by Crippen LogP contribution is 2.30. The molecule has 0 aromatic rings. The van der Waals surface area contributed by atoms with E-state index in [0.717, 1.165) is 6.42 Å². The van der Waals surface area contributed by atoms with E-state index < -0.39 is 5.97 Å². The Morgan fingerprint density at radius 1 is 1.82 bits per heavy atom. The number of carbonyl (C=O) groups is 1. The molecule has 0 radical (unpaired) electrons. The summed E-state index contributed by atoms with van der Waals surface area (Å²) < 4.78 is 0. The molecular weight excluding hydrogens is 160 g/mol. The number of hydrogen-bond donors (Lipinski definition) is 1. The van der Waals surface area contributed by atoms with Gasteiger partial charge in [-0.1, -0.05) is 6.92 Å². The Kier molecular flexibility index (Phi) is 3.24. The van der Waals surface area contributed by atoms with Gasteiger partial charge in [0.1, 0.15) is 0 Å². The number of hydrogen-bond acceptors (Lipinski definition) is 2. The molecule has 0 saturated carbocycles. The van der Waals surface area contributed by atoms with E-state index in [1.807, 2.05) is 11.8 Å². The third-order valence-corrected chi connectivity index (χ3v) is 3.49. The molecule has 1 N–H and O–H groups in total. The fraction of sp³-hybridized carbons (Fsp3) is 0.875. The van der Waals surface area contributed by atoms with Gasteiger partial charge in [-0.15, -0.1) is 0 Å². The smallest absolute Gasteiger partial charge is 0.306 e. The molecule has 1 heterocycles. The first-order chi connectivity index (χ1) is 5.20. The summed E-state index contributed by atoms with van der Waals surface area (Å²) in [5, 5.41) is 9.25. The molecule has 11 heavy (non-hydrogen) atoms. The van der Waals surface area contributed by atoms with Crippen molar-refractivity contribution in [3.8, 4) is 0 Å². The van der Waals surface area contributed by atoms with Crippen LogP contribution >= 0.6 is 11.8 Å². The van der Waals surface area contributed by atoms with E-state index in [9.17, 15) is 4.79 Å². The van der Waals surface area contributed by atoms with Gasteiger partial charge in [-0.2, -0.15) is 11.8 Å². The third-order valence-electron chi connectivity index (χ3n) is 2.06. The maximum Gasteiger partial charge on any atom is 0.306 e. The lowest BCUT2D eigenvalue weighted by Gasteiger charge is -2.10. The summed E-state index contributed by atoms with van der Waals surface area (Å²) in [4.78, 5) is 10.5. The van der Waals surface area contributed by atoms with Crippen LogP contribution in [0.25, 0.3) is 0 Å². The Balaban J connectivity index is 2.23. The fourth-order valence-electron chi connectivity index (χ4n) is 1.33. The second-order valence-electron chi connectivity index (χ2n) is 3.11. The predicted molar refractivity (Wildman–Crippen MR) is 46.9 cm³/mol. The summed E-state index contributed by atoms with van der Waals surface area (Å²) in [6, 6.07) is 0. The molecule has 1 aliphatic heterocycles. The summed E-state index contributed by atoms with van der Waals surface area (Å²) in [5.74, 6) is 0.403. The Hall–Kier alpha value is -0.180. The van der Waals surface area contributed by atoms with Crippen molar-refractivity contribution in [2.75, 3.05) is 5.75 Å². The Morgan fingerprint density at radius 3 is 3.00 bits per heavy atom. The summed E-state index contributed by atoms with van der Waals surface area (Å²) in [6.45, 7) is 1.79. The normalized spacial score (nSPS) is 26.8. The zero-order valence-corrected chi connectivity index (χ0v) is 7.56. The van der Waals surface area contributed by atoms with Crippen molar-refractivity contribution in [3.05, 3.63) is 0 Å². The lowest BCUT2D eigenvalue weighted by Crippen LogP contribution is -2.14. The van der Waals surface area contributed by atoms with E-state index in [-0.39, 0.29) is 5.92 Å². The molecule has 2 unspecified atom stereocenters. The zero-order chi connectivity index (χ0) is 8.27. The fourth-order valence-corrected chi connectivity index (χ4v) is 2.75.